The second kappa shape index (κ2) is 7.62. The van der Waals surface area contributed by atoms with E-state index in [1.54, 1.807) is 0 Å². The van der Waals surface area contributed by atoms with Crippen LogP contribution in [0.2, 0.25) is 0 Å². The van der Waals surface area contributed by atoms with Crippen LogP contribution in [0.3, 0.4) is 0 Å². The van der Waals surface area contributed by atoms with E-state index in [-0.39, 0.29) is 18.1 Å². The predicted octanol–water partition coefficient (Wildman–Crippen LogP) is 2.07. The summed E-state index contributed by atoms with van der Waals surface area (Å²) in [4.78, 5) is 22.0. The summed E-state index contributed by atoms with van der Waals surface area (Å²) in [5.41, 5.74) is 1.05. The van der Waals surface area contributed by atoms with Crippen molar-refractivity contribution in [2.24, 2.45) is 0 Å². The summed E-state index contributed by atoms with van der Waals surface area (Å²) < 4.78 is 1.20. The van der Waals surface area contributed by atoms with Crippen molar-refractivity contribution in [3.05, 3.63) is 63.4 Å². The van der Waals surface area contributed by atoms with Gasteiger partial charge in [-0.25, -0.2) is 0 Å². The Kier molecular flexibility index (Phi) is 5.09. The van der Waals surface area contributed by atoms with E-state index < -0.39 is 4.92 Å². The minimum absolute atomic E-state index is 0.132. The van der Waals surface area contributed by atoms with Crippen LogP contribution in [0.25, 0.3) is 0 Å². The molecule has 9 nitrogen and oxygen atoms in total. The van der Waals surface area contributed by atoms with Gasteiger partial charge in [-0.2, -0.15) is 5.10 Å². The molecule has 0 atom stereocenters. The number of hydrogen-bond donors (Lipinski definition) is 1. The molecule has 0 fully saturated rings. The number of benzene rings is 1. The van der Waals surface area contributed by atoms with E-state index in [2.05, 4.69) is 20.6 Å². The molecule has 25 heavy (non-hydrogen) atoms. The molecular weight excluding hydrogens is 344 g/mol. The largest absolute Gasteiger partial charge is 0.307 e. The molecule has 0 aliphatic heterocycles. The number of nitrogens with zero attached hydrogens (tertiary/aromatic N) is 5. The summed E-state index contributed by atoms with van der Waals surface area (Å²) in [6.45, 7) is -0.132. The number of amides is 1. The Morgan fingerprint density at radius 2 is 2.04 bits per heavy atom. The number of hydrogen-bond acceptors (Lipinski definition) is 7. The number of carbonyl (C=O) groups is 1. The van der Waals surface area contributed by atoms with Gasteiger partial charge in [0.05, 0.1) is 4.92 Å². The fraction of sp³-hybridized carbons (Fsp3) is 0.200. The minimum Gasteiger partial charge on any atom is -0.299 e. The Morgan fingerprint density at radius 3 is 2.76 bits per heavy atom. The van der Waals surface area contributed by atoms with Crippen LogP contribution < -0.4 is 5.32 Å². The lowest BCUT2D eigenvalue weighted by molar-refractivity contribution is -0.385. The molecule has 3 rings (SSSR count). The van der Waals surface area contributed by atoms with Crippen molar-refractivity contribution in [1.29, 1.82) is 0 Å². The Hall–Kier alpha value is -3.14. The average molecular weight is 358 g/mol. The summed E-state index contributed by atoms with van der Waals surface area (Å²) in [6.07, 6.45) is 3.88. The van der Waals surface area contributed by atoms with Crippen LogP contribution in [0.4, 0.5) is 10.8 Å². The molecule has 1 N–H and O–H groups in total. The first-order chi connectivity index (χ1) is 12.1. The van der Waals surface area contributed by atoms with E-state index in [9.17, 15) is 14.9 Å². The first kappa shape index (κ1) is 16.7. The molecule has 0 spiro atoms. The zero-order valence-electron chi connectivity index (χ0n) is 13.0. The maximum Gasteiger partial charge on any atom is 0.307 e. The smallest absolute Gasteiger partial charge is 0.299 e. The third kappa shape index (κ3) is 4.67. The molecule has 2 heterocycles. The number of aromatic nitrogens is 4. The van der Waals surface area contributed by atoms with Crippen LogP contribution in [0.15, 0.2) is 42.7 Å². The lowest BCUT2D eigenvalue weighted by Crippen LogP contribution is -2.18. The molecule has 0 radical (unpaired) electrons. The van der Waals surface area contributed by atoms with Crippen molar-refractivity contribution in [2.45, 2.75) is 19.4 Å². The van der Waals surface area contributed by atoms with Crippen molar-refractivity contribution in [3.63, 3.8) is 0 Å². The van der Waals surface area contributed by atoms with Gasteiger partial charge in [0, 0.05) is 6.42 Å². The number of carbonyl (C=O) groups excluding carboxylic acids is 1. The van der Waals surface area contributed by atoms with E-state index in [1.165, 1.54) is 27.8 Å². The molecule has 0 bridgehead atoms. The van der Waals surface area contributed by atoms with Crippen LogP contribution in [0.1, 0.15) is 10.6 Å². The van der Waals surface area contributed by atoms with Crippen molar-refractivity contribution >= 4 is 28.1 Å². The van der Waals surface area contributed by atoms with Crippen LogP contribution in [-0.4, -0.2) is 30.8 Å². The van der Waals surface area contributed by atoms with E-state index in [4.69, 9.17) is 0 Å². The number of anilines is 1. The Morgan fingerprint density at radius 1 is 1.24 bits per heavy atom. The second-order valence-corrected chi connectivity index (χ2v) is 6.25. The van der Waals surface area contributed by atoms with Crippen molar-refractivity contribution in [3.8, 4) is 0 Å². The quantitative estimate of drug-likeness (QED) is 0.510. The molecule has 0 aliphatic rings. The van der Waals surface area contributed by atoms with E-state index in [0.717, 1.165) is 24.0 Å². The van der Waals surface area contributed by atoms with Gasteiger partial charge in [-0.1, -0.05) is 41.7 Å². The highest BCUT2D eigenvalue weighted by molar-refractivity contribution is 7.15. The standard InChI is InChI=1S/C15H14N6O3S/c22-13(10-20-9-12(8-16-20)21(23)24)17-15-19-18-14(25-15)7-6-11-4-2-1-3-5-11/h1-5,8-9H,6-7,10H2,(H,17,19,22). The molecule has 3 aromatic rings. The summed E-state index contributed by atoms with van der Waals surface area (Å²) in [5.74, 6) is -0.372. The number of nitro groups is 1. The SMILES string of the molecule is O=C(Cn1cc([N+](=O)[O-])cn1)Nc1nnc(CCc2ccccc2)s1. The molecule has 1 aromatic carbocycles. The van der Waals surface area contributed by atoms with Crippen molar-refractivity contribution in [2.75, 3.05) is 5.32 Å². The first-order valence-corrected chi connectivity index (χ1v) is 8.25. The summed E-state index contributed by atoms with van der Waals surface area (Å²) in [5, 5.41) is 26.2. The van der Waals surface area contributed by atoms with Gasteiger partial charge in [-0.15, -0.1) is 10.2 Å². The van der Waals surface area contributed by atoms with Gasteiger partial charge in [-0.3, -0.25) is 24.9 Å². The van der Waals surface area contributed by atoms with Gasteiger partial charge in [0.15, 0.2) is 0 Å². The maximum absolute atomic E-state index is 11.9. The van der Waals surface area contributed by atoms with Crippen LogP contribution in [-0.2, 0) is 24.2 Å². The van der Waals surface area contributed by atoms with Gasteiger partial charge in [-0.05, 0) is 12.0 Å². The zero-order valence-corrected chi connectivity index (χ0v) is 13.8. The lowest BCUT2D eigenvalue weighted by Gasteiger charge is -2.00. The zero-order chi connectivity index (χ0) is 17.6. The molecule has 0 saturated carbocycles. The molecule has 2 aromatic heterocycles. The average Bonchev–Trinajstić information content (AvgIpc) is 3.23. The van der Waals surface area contributed by atoms with Gasteiger partial charge < -0.3 is 0 Å². The van der Waals surface area contributed by atoms with E-state index in [0.29, 0.717) is 5.13 Å². The molecule has 10 heteroatoms. The molecule has 0 saturated heterocycles. The fourth-order valence-corrected chi connectivity index (χ4v) is 2.90. The van der Waals surface area contributed by atoms with Gasteiger partial charge in [0.1, 0.15) is 23.9 Å². The predicted molar refractivity (Wildman–Crippen MR) is 91.3 cm³/mol. The topological polar surface area (TPSA) is 116 Å². The van der Waals surface area contributed by atoms with E-state index in [1.807, 2.05) is 30.3 Å². The maximum atomic E-state index is 11.9. The third-order valence-corrected chi connectivity index (χ3v) is 4.22. The van der Waals surface area contributed by atoms with Crippen LogP contribution >= 0.6 is 11.3 Å². The lowest BCUT2D eigenvalue weighted by atomic mass is 10.1. The Labute approximate surface area is 146 Å². The highest BCUT2D eigenvalue weighted by Gasteiger charge is 2.13. The third-order valence-electron chi connectivity index (χ3n) is 3.32. The van der Waals surface area contributed by atoms with Crippen LogP contribution in [0.5, 0.6) is 0 Å². The number of nitrogens with one attached hydrogen (secondary N) is 1. The summed E-state index contributed by atoms with van der Waals surface area (Å²) >= 11 is 1.31. The molecule has 128 valence electrons. The summed E-state index contributed by atoms with van der Waals surface area (Å²) in [6, 6.07) is 10.0. The Bertz CT molecular complexity index is 876. The first-order valence-electron chi connectivity index (χ1n) is 7.43. The highest BCUT2D eigenvalue weighted by atomic mass is 32.1. The monoisotopic (exact) mass is 358 g/mol. The second-order valence-electron chi connectivity index (χ2n) is 5.19. The van der Waals surface area contributed by atoms with Crippen LogP contribution in [0, 0.1) is 10.1 Å². The van der Waals surface area contributed by atoms with Gasteiger partial charge >= 0.3 is 5.69 Å². The number of rotatable bonds is 7. The van der Waals surface area contributed by atoms with Gasteiger partial charge in [0.25, 0.3) is 0 Å². The molecule has 1 amide bonds. The Balaban J connectivity index is 1.51. The van der Waals surface area contributed by atoms with Crippen molar-refractivity contribution in [1.82, 2.24) is 20.0 Å². The van der Waals surface area contributed by atoms with E-state index >= 15 is 0 Å². The molecular formula is C15H14N6O3S. The summed E-state index contributed by atoms with van der Waals surface area (Å²) in [7, 11) is 0. The van der Waals surface area contributed by atoms with Gasteiger partial charge in [0.2, 0.25) is 11.0 Å². The molecule has 0 aliphatic carbocycles. The number of aryl methyl sites for hydroxylation is 2. The fourth-order valence-electron chi connectivity index (χ4n) is 2.14. The minimum atomic E-state index is -0.564. The molecule has 0 unspecified atom stereocenters. The highest BCUT2D eigenvalue weighted by Crippen LogP contribution is 2.17. The van der Waals surface area contributed by atoms with Crippen molar-refractivity contribution < 1.29 is 9.72 Å². The normalized spacial score (nSPS) is 10.6.